The standard InChI is InChI=1S/C23H22ClFN2O5/c1-23(2,3)32-22(31)26-11-15-10-16(21(29)30)20(28)27-12-13(7-8-18(15)27)9-14-5-4-6-17(24)19(14)25/h4-8,10,12H,9,11H2,1-3H3,(H,26,31)(H,29,30). The van der Waals surface area contributed by atoms with E-state index in [1.807, 2.05) is 0 Å². The number of nitrogens with zero attached hydrogens (tertiary/aromatic N) is 1. The van der Waals surface area contributed by atoms with Gasteiger partial charge in [-0.3, -0.25) is 9.20 Å². The maximum atomic E-state index is 14.3. The Morgan fingerprint density at radius 3 is 2.56 bits per heavy atom. The number of aromatic nitrogens is 1. The van der Waals surface area contributed by atoms with Crippen LogP contribution in [0.1, 0.15) is 47.8 Å². The lowest BCUT2D eigenvalue weighted by atomic mass is 10.0. The lowest BCUT2D eigenvalue weighted by Gasteiger charge is -2.20. The molecule has 2 heterocycles. The average molecular weight is 461 g/mol. The van der Waals surface area contributed by atoms with Crippen LogP contribution in [0.4, 0.5) is 9.18 Å². The van der Waals surface area contributed by atoms with Crippen LogP contribution in [0, 0.1) is 5.82 Å². The van der Waals surface area contributed by atoms with Crippen LogP contribution in [0.15, 0.2) is 47.4 Å². The van der Waals surface area contributed by atoms with Gasteiger partial charge in [0.05, 0.1) is 10.5 Å². The Balaban J connectivity index is 2.01. The van der Waals surface area contributed by atoms with E-state index in [1.165, 1.54) is 22.7 Å². The number of pyridine rings is 2. The van der Waals surface area contributed by atoms with Gasteiger partial charge in [-0.2, -0.15) is 0 Å². The minimum atomic E-state index is -1.39. The average Bonchev–Trinajstić information content (AvgIpc) is 2.69. The van der Waals surface area contributed by atoms with Gasteiger partial charge in [0.2, 0.25) is 0 Å². The minimum Gasteiger partial charge on any atom is -0.477 e. The molecule has 9 heteroatoms. The molecule has 0 aliphatic carbocycles. The van der Waals surface area contributed by atoms with Crippen molar-refractivity contribution in [2.24, 2.45) is 0 Å². The van der Waals surface area contributed by atoms with E-state index < -0.39 is 34.6 Å². The van der Waals surface area contributed by atoms with Crippen molar-refractivity contribution < 1.29 is 23.8 Å². The molecule has 2 N–H and O–H groups in total. The number of hydrogen-bond donors (Lipinski definition) is 2. The second-order valence-corrected chi connectivity index (χ2v) is 8.64. The number of nitrogens with one attached hydrogen (secondary N) is 1. The lowest BCUT2D eigenvalue weighted by molar-refractivity contribution is 0.0523. The topological polar surface area (TPSA) is 97.1 Å². The van der Waals surface area contributed by atoms with E-state index in [0.717, 1.165) is 0 Å². The number of halogens is 2. The first-order chi connectivity index (χ1) is 15.0. The summed E-state index contributed by atoms with van der Waals surface area (Å²) in [6.45, 7) is 5.10. The molecule has 32 heavy (non-hydrogen) atoms. The number of carboxylic acid groups (broad SMARTS) is 1. The second kappa shape index (κ2) is 9.00. The van der Waals surface area contributed by atoms with E-state index >= 15 is 0 Å². The molecule has 0 atom stereocenters. The first kappa shape index (κ1) is 23.3. The van der Waals surface area contributed by atoms with Crippen LogP contribution in [-0.2, 0) is 17.7 Å². The molecule has 0 saturated heterocycles. The lowest BCUT2D eigenvalue weighted by Crippen LogP contribution is -2.33. The molecule has 0 spiro atoms. The highest BCUT2D eigenvalue weighted by Gasteiger charge is 2.19. The molecule has 0 radical (unpaired) electrons. The SMILES string of the molecule is CC(C)(C)OC(=O)NCc1cc(C(=O)O)c(=O)n2cc(Cc3cccc(Cl)c3F)ccc12. The van der Waals surface area contributed by atoms with Gasteiger partial charge >= 0.3 is 12.1 Å². The molecule has 0 aliphatic rings. The molecule has 0 saturated carbocycles. The van der Waals surface area contributed by atoms with E-state index in [0.29, 0.717) is 22.2 Å². The zero-order valence-electron chi connectivity index (χ0n) is 17.7. The summed E-state index contributed by atoms with van der Waals surface area (Å²) in [6.07, 6.45) is 0.936. The Labute approximate surface area is 188 Å². The number of carboxylic acids is 1. The number of aromatic carboxylic acids is 1. The summed E-state index contributed by atoms with van der Waals surface area (Å²) in [5, 5.41) is 12.0. The maximum Gasteiger partial charge on any atom is 0.407 e. The van der Waals surface area contributed by atoms with Crippen molar-refractivity contribution in [1.82, 2.24) is 9.72 Å². The number of ether oxygens (including phenoxy) is 1. The van der Waals surface area contributed by atoms with Crippen LogP contribution in [0.2, 0.25) is 5.02 Å². The quantitative estimate of drug-likeness (QED) is 0.588. The number of fused-ring (bicyclic) bond motifs is 1. The van der Waals surface area contributed by atoms with Gasteiger partial charge in [0.15, 0.2) is 0 Å². The van der Waals surface area contributed by atoms with Crippen LogP contribution in [0.3, 0.4) is 0 Å². The van der Waals surface area contributed by atoms with Gasteiger partial charge < -0.3 is 15.2 Å². The number of alkyl carbamates (subject to hydrolysis) is 1. The molecular weight excluding hydrogens is 439 g/mol. The van der Waals surface area contributed by atoms with Gasteiger partial charge in [-0.25, -0.2) is 14.0 Å². The normalized spacial score (nSPS) is 11.4. The summed E-state index contributed by atoms with van der Waals surface area (Å²) < 4.78 is 20.7. The number of rotatable bonds is 5. The van der Waals surface area contributed by atoms with Crippen LogP contribution < -0.4 is 10.9 Å². The van der Waals surface area contributed by atoms with Crippen molar-refractivity contribution in [3.8, 4) is 0 Å². The fraction of sp³-hybridized carbons (Fsp3) is 0.261. The first-order valence-electron chi connectivity index (χ1n) is 9.76. The molecule has 0 fully saturated rings. The van der Waals surface area contributed by atoms with Gasteiger partial charge in [0, 0.05) is 19.2 Å². The molecule has 1 aromatic carbocycles. The molecule has 3 rings (SSSR count). The van der Waals surface area contributed by atoms with Gasteiger partial charge in [0.1, 0.15) is 17.0 Å². The van der Waals surface area contributed by atoms with E-state index in [4.69, 9.17) is 16.3 Å². The van der Waals surface area contributed by atoms with Crippen molar-refractivity contribution in [2.75, 3.05) is 0 Å². The zero-order chi connectivity index (χ0) is 23.6. The van der Waals surface area contributed by atoms with Crippen LogP contribution >= 0.6 is 11.6 Å². The summed E-state index contributed by atoms with van der Waals surface area (Å²) in [5.41, 5.74) is -0.145. The van der Waals surface area contributed by atoms with Crippen molar-refractivity contribution in [3.63, 3.8) is 0 Å². The van der Waals surface area contributed by atoms with Crippen LogP contribution in [0.25, 0.3) is 5.52 Å². The Hall–Kier alpha value is -3.39. The molecular formula is C23H22ClFN2O5. The fourth-order valence-corrected chi connectivity index (χ4v) is 3.39. The predicted molar refractivity (Wildman–Crippen MR) is 118 cm³/mol. The Morgan fingerprint density at radius 2 is 1.91 bits per heavy atom. The smallest absolute Gasteiger partial charge is 0.407 e. The Bertz CT molecular complexity index is 1260. The number of carbonyl (C=O) groups excluding carboxylic acids is 1. The Morgan fingerprint density at radius 1 is 1.19 bits per heavy atom. The highest BCUT2D eigenvalue weighted by Crippen LogP contribution is 2.21. The summed E-state index contributed by atoms with van der Waals surface area (Å²) in [6, 6.07) is 9.19. The van der Waals surface area contributed by atoms with Crippen LogP contribution in [0.5, 0.6) is 0 Å². The monoisotopic (exact) mass is 460 g/mol. The molecule has 0 bridgehead atoms. The van der Waals surface area contributed by atoms with Gasteiger partial charge in [-0.05, 0) is 55.7 Å². The number of amides is 1. The largest absolute Gasteiger partial charge is 0.477 e. The van der Waals surface area contributed by atoms with Crippen molar-refractivity contribution in [1.29, 1.82) is 0 Å². The van der Waals surface area contributed by atoms with Crippen LogP contribution in [-0.4, -0.2) is 27.2 Å². The zero-order valence-corrected chi connectivity index (χ0v) is 18.5. The van der Waals surface area contributed by atoms with E-state index in [1.54, 1.807) is 45.0 Å². The van der Waals surface area contributed by atoms with Gasteiger partial charge in [-0.15, -0.1) is 0 Å². The fourth-order valence-electron chi connectivity index (χ4n) is 3.20. The summed E-state index contributed by atoms with van der Waals surface area (Å²) in [4.78, 5) is 36.4. The third kappa shape index (κ3) is 5.26. The minimum absolute atomic E-state index is 0.0101. The van der Waals surface area contributed by atoms with Crippen molar-refractivity contribution >= 4 is 29.2 Å². The summed E-state index contributed by atoms with van der Waals surface area (Å²) >= 11 is 5.84. The number of carbonyl (C=O) groups is 2. The first-order valence-corrected chi connectivity index (χ1v) is 10.1. The third-order valence-corrected chi connectivity index (χ3v) is 4.88. The highest BCUT2D eigenvalue weighted by molar-refractivity contribution is 6.30. The molecule has 2 aromatic heterocycles. The van der Waals surface area contributed by atoms with E-state index in [9.17, 15) is 23.9 Å². The number of hydrogen-bond acceptors (Lipinski definition) is 4. The van der Waals surface area contributed by atoms with E-state index in [-0.39, 0.29) is 18.0 Å². The van der Waals surface area contributed by atoms with Gasteiger partial charge in [0.25, 0.3) is 5.56 Å². The predicted octanol–water partition coefficient (Wildman–Crippen LogP) is 4.41. The summed E-state index contributed by atoms with van der Waals surface area (Å²) in [7, 11) is 0. The molecule has 1 amide bonds. The second-order valence-electron chi connectivity index (χ2n) is 8.23. The molecule has 7 nitrogen and oxygen atoms in total. The molecule has 0 aliphatic heterocycles. The highest BCUT2D eigenvalue weighted by atomic mass is 35.5. The van der Waals surface area contributed by atoms with E-state index in [2.05, 4.69) is 5.32 Å². The third-order valence-electron chi connectivity index (χ3n) is 4.59. The molecule has 0 unspecified atom stereocenters. The molecule has 3 aromatic rings. The Kier molecular flexibility index (Phi) is 6.55. The van der Waals surface area contributed by atoms with Crippen molar-refractivity contribution in [2.45, 2.75) is 39.3 Å². The number of benzene rings is 1. The summed E-state index contributed by atoms with van der Waals surface area (Å²) in [5.74, 6) is -1.95. The molecule has 168 valence electrons. The van der Waals surface area contributed by atoms with Gasteiger partial charge in [-0.1, -0.05) is 29.8 Å². The van der Waals surface area contributed by atoms with Crippen molar-refractivity contribution in [3.05, 3.63) is 86.0 Å². The maximum absolute atomic E-state index is 14.3.